The van der Waals surface area contributed by atoms with Crippen molar-refractivity contribution in [3.05, 3.63) is 7.43 Å². The molecule has 0 atom stereocenters. The van der Waals surface area contributed by atoms with E-state index >= 15 is 0 Å². The maximum Gasteiger partial charge on any atom is 1.00 e. The molecule has 12 heavy (non-hydrogen) atoms. The van der Waals surface area contributed by atoms with E-state index < -0.39 is 0 Å². The minimum Gasteiger partial charge on any atom is -0.358 e. The van der Waals surface area contributed by atoms with Crippen LogP contribution in [0.4, 0.5) is 0 Å². The molecule has 0 saturated carbocycles. The normalized spacial score (nSPS) is 5.33. The molecule has 0 aromatic carbocycles. The molecule has 0 radical (unpaired) electrons. The Balaban J connectivity index is -0.0000000221. The Morgan fingerprint density at radius 2 is 1.17 bits per heavy atom. The number of rotatable bonds is 1. The van der Waals surface area contributed by atoms with Crippen LogP contribution in [-0.4, -0.2) is 11.6 Å². The molecule has 0 heterocycles. The summed E-state index contributed by atoms with van der Waals surface area (Å²) >= 11 is 0. The third-order valence-corrected chi connectivity index (χ3v) is 0.498. The number of Topliss-reactive ketones (excluding diaryl/α,β-unsaturated/α-hetero) is 2. The largest absolute Gasteiger partial charge is 1.00 e. The summed E-state index contributed by atoms with van der Waals surface area (Å²) in [4.78, 5) is 19.3. The van der Waals surface area contributed by atoms with Crippen LogP contribution in [0.1, 0.15) is 41.5 Å². The minimum absolute atomic E-state index is 0. The number of carbonyl (C=O) groups excluding carboxylic acids is 2. The number of carbonyl (C=O) groups is 2. The molecule has 0 spiro atoms. The van der Waals surface area contributed by atoms with Gasteiger partial charge in [0.1, 0.15) is 11.6 Å². The van der Waals surface area contributed by atoms with Gasteiger partial charge in [-0.05, 0) is 20.8 Å². The smallest absolute Gasteiger partial charge is 0.358 e. The van der Waals surface area contributed by atoms with Gasteiger partial charge < -0.3 is 17.0 Å². The van der Waals surface area contributed by atoms with Gasteiger partial charge in [0, 0.05) is 6.42 Å². The maximum absolute atomic E-state index is 9.81. The SMILES string of the molecule is C.CC(C)=O.CCC(C)=O.[CH3-].[Li+]. The van der Waals surface area contributed by atoms with Gasteiger partial charge in [-0.3, -0.25) is 0 Å². The molecule has 0 saturated heterocycles. The molecule has 0 aliphatic carbocycles. The second kappa shape index (κ2) is 22.4. The zero-order chi connectivity index (χ0) is 7.86. The first kappa shape index (κ1) is 29.7. The second-order valence-corrected chi connectivity index (χ2v) is 1.96. The Bertz CT molecular complexity index is 96.7. The first-order chi connectivity index (χ1) is 4.00. The monoisotopic (exact) mass is 168 g/mol. The summed E-state index contributed by atoms with van der Waals surface area (Å²) in [7, 11) is 0. The van der Waals surface area contributed by atoms with Gasteiger partial charge in [0.15, 0.2) is 0 Å². The van der Waals surface area contributed by atoms with Gasteiger partial charge in [0.25, 0.3) is 0 Å². The molecule has 0 aromatic heterocycles. The molecule has 0 fully saturated rings. The average Bonchev–Trinajstić information content (AvgIpc) is 1.65. The van der Waals surface area contributed by atoms with Crippen molar-refractivity contribution >= 4 is 11.6 Å². The van der Waals surface area contributed by atoms with E-state index in [1.807, 2.05) is 6.92 Å². The quantitative estimate of drug-likeness (QED) is 0.397. The van der Waals surface area contributed by atoms with E-state index in [1.165, 1.54) is 13.8 Å². The predicted molar refractivity (Wildman–Crippen MR) is 50.5 cm³/mol. The minimum atomic E-state index is 0. The number of hydrogen-bond donors (Lipinski definition) is 0. The molecule has 2 nitrogen and oxygen atoms in total. The Morgan fingerprint density at radius 1 is 1.08 bits per heavy atom. The Morgan fingerprint density at radius 3 is 1.17 bits per heavy atom. The van der Waals surface area contributed by atoms with Crippen molar-refractivity contribution in [1.29, 1.82) is 0 Å². The van der Waals surface area contributed by atoms with Gasteiger partial charge in [0.05, 0.1) is 0 Å². The van der Waals surface area contributed by atoms with Crippen molar-refractivity contribution in [1.82, 2.24) is 0 Å². The topological polar surface area (TPSA) is 34.1 Å². The van der Waals surface area contributed by atoms with Gasteiger partial charge in [-0.2, -0.15) is 0 Å². The Kier molecular flexibility index (Phi) is 55.5. The predicted octanol–water partition coefficient (Wildman–Crippen LogP) is -0.329. The fourth-order valence-electron chi connectivity index (χ4n) is 0. The molecule has 0 aliphatic rings. The van der Waals surface area contributed by atoms with Gasteiger partial charge >= 0.3 is 18.9 Å². The van der Waals surface area contributed by atoms with Crippen LogP contribution >= 0.6 is 0 Å². The fraction of sp³-hybridized carbons (Fsp3) is 0.667. The third-order valence-electron chi connectivity index (χ3n) is 0.498. The molecular formula is C9H21LiO2. The van der Waals surface area contributed by atoms with Crippen LogP contribution < -0.4 is 18.9 Å². The Labute approximate surface area is 89.3 Å². The summed E-state index contributed by atoms with van der Waals surface area (Å²) in [5.74, 6) is 0.421. The van der Waals surface area contributed by atoms with E-state index in [4.69, 9.17) is 0 Å². The van der Waals surface area contributed by atoms with Crippen molar-refractivity contribution in [2.45, 2.75) is 41.5 Å². The van der Waals surface area contributed by atoms with E-state index in [0.29, 0.717) is 6.42 Å². The van der Waals surface area contributed by atoms with Gasteiger partial charge in [-0.15, -0.1) is 0 Å². The summed E-state index contributed by atoms with van der Waals surface area (Å²) < 4.78 is 0. The molecule has 0 unspecified atom stereocenters. The fourth-order valence-corrected chi connectivity index (χ4v) is 0. The molecule has 3 heteroatoms. The van der Waals surface area contributed by atoms with Crippen molar-refractivity contribution in [3.63, 3.8) is 0 Å². The van der Waals surface area contributed by atoms with Crippen LogP contribution in [0.2, 0.25) is 0 Å². The second-order valence-electron chi connectivity index (χ2n) is 1.96. The number of ketones is 2. The van der Waals surface area contributed by atoms with Gasteiger partial charge in [-0.25, -0.2) is 0 Å². The van der Waals surface area contributed by atoms with Crippen molar-refractivity contribution in [3.8, 4) is 0 Å². The van der Waals surface area contributed by atoms with E-state index in [0.717, 1.165) is 0 Å². The number of hydrogen-bond acceptors (Lipinski definition) is 2. The van der Waals surface area contributed by atoms with Gasteiger partial charge in [0.2, 0.25) is 0 Å². The molecule has 0 aromatic rings. The molecule has 0 aliphatic heterocycles. The first-order valence-corrected chi connectivity index (χ1v) is 2.97. The summed E-state index contributed by atoms with van der Waals surface area (Å²) in [6.07, 6.45) is 0.667. The molecular weight excluding hydrogens is 147 g/mol. The van der Waals surface area contributed by atoms with Crippen LogP contribution in [0.5, 0.6) is 0 Å². The summed E-state index contributed by atoms with van der Waals surface area (Å²) in [6, 6.07) is 0. The first-order valence-electron chi connectivity index (χ1n) is 2.97. The van der Waals surface area contributed by atoms with Crippen LogP contribution in [0.3, 0.4) is 0 Å². The molecule has 0 N–H and O–H groups in total. The van der Waals surface area contributed by atoms with Crippen LogP contribution in [0, 0.1) is 7.43 Å². The van der Waals surface area contributed by atoms with Crippen LogP contribution in [-0.2, 0) is 9.59 Å². The zero-order valence-electron chi connectivity index (χ0n) is 8.52. The third kappa shape index (κ3) is 211. The summed E-state index contributed by atoms with van der Waals surface area (Å²) in [5.41, 5.74) is 0. The molecule has 0 rings (SSSR count). The average molecular weight is 168 g/mol. The Hall–Kier alpha value is -0.0626. The standard InChI is InChI=1S/C4H8O.C3H6O.CH4.CH3.Li/c1-3-4(2)5;1-3(2)4;;;/h3H2,1-2H3;1-2H3;1H4;1H3;/q;;;-1;+1. The van der Waals surface area contributed by atoms with Crippen LogP contribution in [0.25, 0.3) is 0 Å². The summed E-state index contributed by atoms with van der Waals surface area (Å²) in [6.45, 7) is 6.49. The maximum atomic E-state index is 9.81. The van der Waals surface area contributed by atoms with E-state index in [1.54, 1.807) is 6.92 Å². The molecule has 0 amide bonds. The summed E-state index contributed by atoms with van der Waals surface area (Å²) in [5, 5.41) is 0. The van der Waals surface area contributed by atoms with Crippen LogP contribution in [0.15, 0.2) is 0 Å². The van der Waals surface area contributed by atoms with Gasteiger partial charge in [-0.1, -0.05) is 14.4 Å². The molecule has 0 bridgehead atoms. The van der Waals surface area contributed by atoms with Crippen molar-refractivity contribution in [2.24, 2.45) is 0 Å². The van der Waals surface area contributed by atoms with Crippen molar-refractivity contribution < 1.29 is 28.4 Å². The zero-order valence-corrected chi connectivity index (χ0v) is 8.52. The van der Waals surface area contributed by atoms with E-state index in [-0.39, 0.29) is 45.3 Å². The van der Waals surface area contributed by atoms with Crippen molar-refractivity contribution in [2.75, 3.05) is 0 Å². The molecule has 70 valence electrons. The van der Waals surface area contributed by atoms with E-state index in [9.17, 15) is 9.59 Å². The van der Waals surface area contributed by atoms with E-state index in [2.05, 4.69) is 0 Å².